The Morgan fingerprint density at radius 3 is 1.71 bits per heavy atom. The Labute approximate surface area is 146 Å². The fourth-order valence-electron chi connectivity index (χ4n) is 3.41. The molecule has 3 rings (SSSR count). The topological polar surface area (TPSA) is 0 Å². The van der Waals surface area contributed by atoms with Gasteiger partial charge in [-0.2, -0.15) is 0 Å². The molecule has 0 aliphatic rings. The van der Waals surface area contributed by atoms with Gasteiger partial charge >= 0.3 is 0 Å². The molecule has 24 heavy (non-hydrogen) atoms. The van der Waals surface area contributed by atoms with Gasteiger partial charge in [0.1, 0.15) is 0 Å². The van der Waals surface area contributed by atoms with E-state index in [9.17, 15) is 0 Å². The van der Waals surface area contributed by atoms with Crippen LogP contribution in [0.25, 0.3) is 22.3 Å². The van der Waals surface area contributed by atoms with Gasteiger partial charge < -0.3 is 0 Å². The van der Waals surface area contributed by atoms with E-state index in [0.29, 0.717) is 11.8 Å². The van der Waals surface area contributed by atoms with Crippen molar-refractivity contribution in [2.45, 2.75) is 39.5 Å². The molecule has 3 aromatic carbocycles. The van der Waals surface area contributed by atoms with Crippen molar-refractivity contribution in [3.8, 4) is 22.3 Å². The van der Waals surface area contributed by atoms with E-state index in [1.54, 1.807) is 0 Å². The maximum Gasteiger partial charge on any atom is -0.0102 e. The highest BCUT2D eigenvalue weighted by Crippen LogP contribution is 2.41. The minimum Gasteiger partial charge on any atom is -0.0622 e. The molecule has 121 valence electrons. The summed E-state index contributed by atoms with van der Waals surface area (Å²) in [5, 5.41) is 0. The van der Waals surface area contributed by atoms with Gasteiger partial charge in [-0.1, -0.05) is 88.4 Å². The zero-order chi connectivity index (χ0) is 17.1. The summed E-state index contributed by atoms with van der Waals surface area (Å²) in [6.07, 6.45) is 0. The molecule has 1 radical (unpaired) electrons. The molecular weight excluding hydrogens is 288 g/mol. The zero-order valence-corrected chi connectivity index (χ0v) is 15.0. The molecule has 0 heteroatoms. The second kappa shape index (κ2) is 7.05. The number of rotatable bonds is 4. The number of hydrogen-bond acceptors (Lipinski definition) is 0. The van der Waals surface area contributed by atoms with Gasteiger partial charge in [-0.15, -0.1) is 0 Å². The van der Waals surface area contributed by atoms with Crippen LogP contribution in [0, 0.1) is 6.07 Å². The molecule has 0 N–H and O–H groups in total. The molecule has 0 saturated carbocycles. The maximum atomic E-state index is 3.60. The predicted octanol–water partition coefficient (Wildman–Crippen LogP) is 7.07. The Balaban J connectivity index is 2.35. The lowest BCUT2D eigenvalue weighted by molar-refractivity contribution is 0.838. The third kappa shape index (κ3) is 3.14. The highest BCUT2D eigenvalue weighted by Gasteiger charge is 2.20. The van der Waals surface area contributed by atoms with Crippen LogP contribution in [-0.2, 0) is 0 Å². The molecule has 0 saturated heterocycles. The lowest BCUT2D eigenvalue weighted by atomic mass is 9.80. The molecule has 0 amide bonds. The average Bonchev–Trinajstić information content (AvgIpc) is 2.61. The monoisotopic (exact) mass is 313 g/mol. The van der Waals surface area contributed by atoms with Crippen LogP contribution in [0.3, 0.4) is 0 Å². The molecule has 0 aliphatic carbocycles. The van der Waals surface area contributed by atoms with Crippen LogP contribution in [0.2, 0.25) is 0 Å². The lowest BCUT2D eigenvalue weighted by Crippen LogP contribution is -2.03. The summed E-state index contributed by atoms with van der Waals surface area (Å²) >= 11 is 0. The molecule has 0 aromatic heterocycles. The van der Waals surface area contributed by atoms with Gasteiger partial charge in [0.15, 0.2) is 0 Å². The highest BCUT2D eigenvalue weighted by atomic mass is 14.2. The first kappa shape index (κ1) is 16.5. The Kier molecular flexibility index (Phi) is 4.85. The van der Waals surface area contributed by atoms with Crippen molar-refractivity contribution in [2.75, 3.05) is 0 Å². The van der Waals surface area contributed by atoms with Crippen molar-refractivity contribution >= 4 is 0 Å². The maximum absolute atomic E-state index is 3.60. The van der Waals surface area contributed by atoms with Gasteiger partial charge in [-0.05, 0) is 57.3 Å². The van der Waals surface area contributed by atoms with Crippen LogP contribution in [0.5, 0.6) is 0 Å². The van der Waals surface area contributed by atoms with Crippen molar-refractivity contribution in [1.82, 2.24) is 0 Å². The van der Waals surface area contributed by atoms with Crippen LogP contribution >= 0.6 is 0 Å². The minimum atomic E-state index is 0.447. The third-order valence-corrected chi connectivity index (χ3v) is 4.50. The summed E-state index contributed by atoms with van der Waals surface area (Å²) in [4.78, 5) is 0. The molecule has 0 heterocycles. The average molecular weight is 313 g/mol. The summed E-state index contributed by atoms with van der Waals surface area (Å²) in [5.74, 6) is 0.894. The van der Waals surface area contributed by atoms with Crippen LogP contribution in [0.4, 0.5) is 0 Å². The van der Waals surface area contributed by atoms with E-state index in [2.05, 4.69) is 100 Å². The number of hydrogen-bond donors (Lipinski definition) is 0. The molecule has 0 nitrogen and oxygen atoms in total. The SMILES string of the molecule is CC(C)c1[c]cc(-c2ccccc2)c(C(C)C)c1-c1ccccc1. The molecule has 0 atom stereocenters. The largest absolute Gasteiger partial charge is 0.0622 e. The molecule has 3 aromatic rings. The zero-order valence-electron chi connectivity index (χ0n) is 15.0. The summed E-state index contributed by atoms with van der Waals surface area (Å²) in [6, 6.07) is 27.2. The fraction of sp³-hybridized carbons (Fsp3) is 0.250. The van der Waals surface area contributed by atoms with Gasteiger partial charge in [-0.3, -0.25) is 0 Å². The van der Waals surface area contributed by atoms with Crippen LogP contribution in [0.1, 0.15) is 50.7 Å². The molecule has 0 spiro atoms. The molecule has 0 fully saturated rings. The molecule has 0 unspecified atom stereocenters. The van der Waals surface area contributed by atoms with Gasteiger partial charge in [0, 0.05) is 0 Å². The Hall–Kier alpha value is -2.34. The lowest BCUT2D eigenvalue weighted by Gasteiger charge is -2.23. The van der Waals surface area contributed by atoms with Crippen LogP contribution in [-0.4, -0.2) is 0 Å². The van der Waals surface area contributed by atoms with Crippen LogP contribution in [0.15, 0.2) is 66.7 Å². The first-order chi connectivity index (χ1) is 11.6. The molecule has 0 aliphatic heterocycles. The van der Waals surface area contributed by atoms with E-state index in [1.807, 2.05) is 0 Å². The standard InChI is InChI=1S/C24H25/c1-17(2)21-15-16-22(19-11-7-5-8-12-19)23(18(3)4)24(21)20-13-9-6-10-14-20/h5-14,16-18H,1-4H3. The van der Waals surface area contributed by atoms with Crippen molar-refractivity contribution in [2.24, 2.45) is 0 Å². The van der Waals surface area contributed by atoms with E-state index >= 15 is 0 Å². The Morgan fingerprint density at radius 1 is 0.667 bits per heavy atom. The van der Waals surface area contributed by atoms with E-state index in [1.165, 1.54) is 33.4 Å². The Morgan fingerprint density at radius 2 is 1.21 bits per heavy atom. The van der Waals surface area contributed by atoms with E-state index in [0.717, 1.165) is 0 Å². The summed E-state index contributed by atoms with van der Waals surface area (Å²) < 4.78 is 0. The normalized spacial score (nSPS) is 11.2. The van der Waals surface area contributed by atoms with Gasteiger partial charge in [0.05, 0.1) is 0 Å². The van der Waals surface area contributed by atoms with E-state index < -0.39 is 0 Å². The van der Waals surface area contributed by atoms with Crippen molar-refractivity contribution in [1.29, 1.82) is 0 Å². The second-order valence-electron chi connectivity index (χ2n) is 6.95. The smallest absolute Gasteiger partial charge is 0.0102 e. The summed E-state index contributed by atoms with van der Waals surface area (Å²) in [5.41, 5.74) is 7.96. The number of benzene rings is 3. The quantitative estimate of drug-likeness (QED) is 0.483. The van der Waals surface area contributed by atoms with Crippen molar-refractivity contribution in [3.05, 3.63) is 83.9 Å². The molecular formula is C24H25. The van der Waals surface area contributed by atoms with E-state index in [4.69, 9.17) is 0 Å². The van der Waals surface area contributed by atoms with Gasteiger partial charge in [-0.25, -0.2) is 0 Å². The highest BCUT2D eigenvalue weighted by molar-refractivity contribution is 5.81. The van der Waals surface area contributed by atoms with E-state index in [-0.39, 0.29) is 0 Å². The van der Waals surface area contributed by atoms with Gasteiger partial charge in [0.2, 0.25) is 0 Å². The minimum absolute atomic E-state index is 0.447. The van der Waals surface area contributed by atoms with Crippen molar-refractivity contribution < 1.29 is 0 Å². The predicted molar refractivity (Wildman–Crippen MR) is 104 cm³/mol. The Bertz CT molecular complexity index is 796. The van der Waals surface area contributed by atoms with Gasteiger partial charge in [0.25, 0.3) is 0 Å². The summed E-state index contributed by atoms with van der Waals surface area (Å²) in [7, 11) is 0. The third-order valence-electron chi connectivity index (χ3n) is 4.50. The molecule has 0 bridgehead atoms. The van der Waals surface area contributed by atoms with Crippen LogP contribution < -0.4 is 0 Å². The fourth-order valence-corrected chi connectivity index (χ4v) is 3.41. The van der Waals surface area contributed by atoms with Crippen molar-refractivity contribution in [3.63, 3.8) is 0 Å². The second-order valence-corrected chi connectivity index (χ2v) is 6.95. The first-order valence-electron chi connectivity index (χ1n) is 8.79. The first-order valence-corrected chi connectivity index (χ1v) is 8.79. The summed E-state index contributed by atoms with van der Waals surface area (Å²) in [6.45, 7) is 9.09.